The van der Waals surface area contributed by atoms with Crippen molar-refractivity contribution < 1.29 is 4.42 Å². The number of rotatable bonds is 1. The van der Waals surface area contributed by atoms with E-state index in [-0.39, 0.29) is 11.0 Å². The first-order valence-corrected chi connectivity index (χ1v) is 11.0. The lowest BCUT2D eigenvalue weighted by atomic mass is 9.47. The number of para-hydroxylation sites is 1. The molecule has 10 rings (SSSR count). The van der Waals surface area contributed by atoms with E-state index >= 15 is 0 Å². The Morgan fingerprint density at radius 2 is 1.55 bits per heavy atom. The van der Waals surface area contributed by atoms with E-state index in [1.807, 2.05) is 0 Å². The van der Waals surface area contributed by atoms with Gasteiger partial charge in [-0.2, -0.15) is 0 Å². The number of hydrogen-bond donors (Lipinski definition) is 0. The maximum atomic E-state index is 6.52. The lowest BCUT2D eigenvalue weighted by molar-refractivity contribution is 0.0556. The van der Waals surface area contributed by atoms with Gasteiger partial charge in [0, 0.05) is 22.2 Å². The average Bonchev–Trinajstić information content (AvgIpc) is 3.14. The standard InChI is InChI=1S/C27H25NO/c1-17-11-12-20-19-7-3-6-10-23(19)29-25(20)24(17)28-18(2)26-13-15-27(28,16-14-26)22-9-5-4-8-21(22)26/h3-12,18H,13-16H2,1-2H3. The highest BCUT2D eigenvalue weighted by Gasteiger charge is 2.65. The summed E-state index contributed by atoms with van der Waals surface area (Å²) >= 11 is 0. The highest BCUT2D eigenvalue weighted by atomic mass is 16.3. The Hall–Kier alpha value is -2.74. The van der Waals surface area contributed by atoms with Gasteiger partial charge in [-0.25, -0.2) is 0 Å². The number of furan rings is 1. The van der Waals surface area contributed by atoms with Crippen LogP contribution in [0.2, 0.25) is 0 Å². The molecule has 2 heteroatoms. The molecule has 2 saturated heterocycles. The van der Waals surface area contributed by atoms with E-state index in [2.05, 4.69) is 79.4 Å². The van der Waals surface area contributed by atoms with Crippen molar-refractivity contribution in [2.75, 3.05) is 4.90 Å². The monoisotopic (exact) mass is 379 g/mol. The van der Waals surface area contributed by atoms with Crippen molar-refractivity contribution in [3.05, 3.63) is 77.4 Å². The van der Waals surface area contributed by atoms with Gasteiger partial charge in [0.25, 0.3) is 0 Å². The summed E-state index contributed by atoms with van der Waals surface area (Å²) < 4.78 is 6.52. The average molecular weight is 380 g/mol. The fourth-order valence-electron chi connectivity index (χ4n) is 7.18. The fraction of sp³-hybridized carbons (Fsp3) is 0.333. The Morgan fingerprint density at radius 3 is 2.38 bits per heavy atom. The molecule has 1 aromatic heterocycles. The molecule has 2 nitrogen and oxygen atoms in total. The molecule has 0 radical (unpaired) electrons. The minimum atomic E-state index is 0.105. The number of aryl methyl sites for hydroxylation is 1. The molecule has 6 aliphatic rings. The Balaban J connectivity index is 1.57. The molecule has 144 valence electrons. The number of benzene rings is 3. The van der Waals surface area contributed by atoms with Gasteiger partial charge in [-0.1, -0.05) is 54.6 Å². The van der Waals surface area contributed by atoms with Gasteiger partial charge >= 0.3 is 0 Å². The lowest BCUT2D eigenvalue weighted by Crippen LogP contribution is -2.72. The van der Waals surface area contributed by atoms with Crippen molar-refractivity contribution in [2.45, 2.75) is 56.5 Å². The normalized spacial score (nSPS) is 29.7. The number of piperidine rings is 2. The van der Waals surface area contributed by atoms with Gasteiger partial charge < -0.3 is 9.32 Å². The predicted molar refractivity (Wildman–Crippen MR) is 119 cm³/mol. The van der Waals surface area contributed by atoms with Crippen LogP contribution >= 0.6 is 0 Å². The molecule has 0 amide bonds. The first-order chi connectivity index (χ1) is 14.2. The first kappa shape index (κ1) is 16.1. The number of hydrogen-bond acceptors (Lipinski definition) is 2. The second kappa shape index (κ2) is 5.05. The van der Waals surface area contributed by atoms with Gasteiger partial charge in [-0.3, -0.25) is 0 Å². The van der Waals surface area contributed by atoms with Crippen LogP contribution < -0.4 is 4.90 Å². The largest absolute Gasteiger partial charge is 0.454 e. The van der Waals surface area contributed by atoms with Crippen molar-refractivity contribution in [1.82, 2.24) is 0 Å². The van der Waals surface area contributed by atoms with Crippen LogP contribution in [0.15, 0.2) is 65.1 Å². The summed E-state index contributed by atoms with van der Waals surface area (Å²) in [4.78, 5) is 2.78. The summed E-state index contributed by atoms with van der Waals surface area (Å²) in [5.74, 6) is 0. The molecule has 1 unspecified atom stereocenters. The summed E-state index contributed by atoms with van der Waals surface area (Å²) in [6.45, 7) is 4.72. The molecular formula is C27H25NO. The highest BCUT2D eigenvalue weighted by Crippen LogP contribution is 2.67. The number of anilines is 1. The van der Waals surface area contributed by atoms with E-state index in [0.29, 0.717) is 6.04 Å². The van der Waals surface area contributed by atoms with Gasteiger partial charge in [-0.05, 0) is 62.3 Å². The van der Waals surface area contributed by atoms with Crippen molar-refractivity contribution in [1.29, 1.82) is 0 Å². The molecule has 3 fully saturated rings. The molecular weight excluding hydrogens is 354 g/mol. The molecule has 4 aromatic rings. The van der Waals surface area contributed by atoms with E-state index in [9.17, 15) is 0 Å². The first-order valence-electron chi connectivity index (χ1n) is 11.0. The number of fused-ring (bicyclic) bond motifs is 3. The van der Waals surface area contributed by atoms with E-state index in [1.165, 1.54) is 47.7 Å². The lowest BCUT2D eigenvalue weighted by Gasteiger charge is -2.70. The van der Waals surface area contributed by atoms with Crippen LogP contribution in [0.1, 0.15) is 49.3 Å². The van der Waals surface area contributed by atoms with Crippen LogP contribution in [0.25, 0.3) is 21.9 Å². The molecule has 4 heterocycles. The molecule has 0 N–H and O–H groups in total. The van der Waals surface area contributed by atoms with Crippen molar-refractivity contribution in [3.8, 4) is 0 Å². The second-order valence-corrected chi connectivity index (χ2v) is 9.49. The third-order valence-corrected chi connectivity index (χ3v) is 8.55. The van der Waals surface area contributed by atoms with Crippen molar-refractivity contribution >= 4 is 27.6 Å². The van der Waals surface area contributed by atoms with Crippen LogP contribution in [-0.4, -0.2) is 6.04 Å². The zero-order valence-electron chi connectivity index (χ0n) is 17.0. The van der Waals surface area contributed by atoms with Crippen LogP contribution in [0, 0.1) is 6.92 Å². The molecule has 1 atom stereocenters. The molecule has 0 spiro atoms. The van der Waals surface area contributed by atoms with Gasteiger partial charge in [0.05, 0.1) is 11.2 Å². The SMILES string of the molecule is Cc1ccc2c(oc3ccccc32)c1N1C(C)C23CCC1(CC2)c1ccccc13. The minimum Gasteiger partial charge on any atom is -0.454 e. The Kier molecular flexibility index (Phi) is 2.80. The van der Waals surface area contributed by atoms with Crippen LogP contribution in [0.5, 0.6) is 0 Å². The van der Waals surface area contributed by atoms with Crippen LogP contribution in [0.3, 0.4) is 0 Å². The van der Waals surface area contributed by atoms with Crippen LogP contribution in [0.4, 0.5) is 5.69 Å². The summed E-state index contributed by atoms with van der Waals surface area (Å²) in [6, 6.07) is 22.8. The quantitative estimate of drug-likeness (QED) is 0.361. The van der Waals surface area contributed by atoms with E-state index in [1.54, 1.807) is 11.1 Å². The Morgan fingerprint density at radius 1 is 0.828 bits per heavy atom. The van der Waals surface area contributed by atoms with E-state index in [0.717, 1.165) is 11.2 Å². The van der Waals surface area contributed by atoms with Gasteiger partial charge in [-0.15, -0.1) is 0 Å². The topological polar surface area (TPSA) is 16.4 Å². The van der Waals surface area contributed by atoms with Crippen LogP contribution in [-0.2, 0) is 11.0 Å². The Labute approximate surface area is 171 Å². The highest BCUT2D eigenvalue weighted by molar-refractivity contribution is 6.09. The summed E-state index contributed by atoms with van der Waals surface area (Å²) in [5, 5.41) is 2.47. The van der Waals surface area contributed by atoms with Gasteiger partial charge in [0.15, 0.2) is 5.58 Å². The summed E-state index contributed by atoms with van der Waals surface area (Å²) in [7, 11) is 0. The smallest absolute Gasteiger partial charge is 0.159 e. The summed E-state index contributed by atoms with van der Waals surface area (Å²) in [5.41, 5.74) is 8.28. The maximum absolute atomic E-state index is 6.52. The molecule has 3 aromatic carbocycles. The van der Waals surface area contributed by atoms with Gasteiger partial charge in [0.2, 0.25) is 0 Å². The minimum absolute atomic E-state index is 0.105. The predicted octanol–water partition coefficient (Wildman–Crippen LogP) is 6.82. The molecule has 3 aliphatic heterocycles. The maximum Gasteiger partial charge on any atom is 0.159 e. The molecule has 3 aliphatic carbocycles. The fourth-order valence-corrected chi connectivity index (χ4v) is 7.18. The van der Waals surface area contributed by atoms with Crippen molar-refractivity contribution in [3.63, 3.8) is 0 Å². The third-order valence-electron chi connectivity index (χ3n) is 8.55. The van der Waals surface area contributed by atoms with E-state index in [4.69, 9.17) is 4.42 Å². The van der Waals surface area contributed by atoms with Gasteiger partial charge in [0.1, 0.15) is 5.58 Å². The number of nitrogens with zero attached hydrogens (tertiary/aromatic N) is 1. The molecule has 29 heavy (non-hydrogen) atoms. The third kappa shape index (κ3) is 1.68. The zero-order valence-corrected chi connectivity index (χ0v) is 17.0. The Bertz CT molecular complexity index is 1300. The zero-order chi connectivity index (χ0) is 19.4. The summed E-state index contributed by atoms with van der Waals surface area (Å²) in [6.07, 6.45) is 5.14. The van der Waals surface area contributed by atoms with Crippen molar-refractivity contribution in [2.24, 2.45) is 0 Å². The molecule has 1 saturated carbocycles. The van der Waals surface area contributed by atoms with E-state index < -0.39 is 0 Å². The second-order valence-electron chi connectivity index (χ2n) is 9.49. The molecule has 2 bridgehead atoms.